The maximum Gasteiger partial charge on any atom is 0.137 e. The Balaban J connectivity index is 1.76. The molecule has 2 bridgehead atoms. The standard InChI is InChI=1S/C17H17NO/c19-17-10-15-7-8-16(11-17)18(15)14-6-5-12-3-1-2-4-13(12)9-14/h1-6,9,15-16H,7-8,10-11H2. The highest BCUT2D eigenvalue weighted by molar-refractivity contribution is 5.87. The summed E-state index contributed by atoms with van der Waals surface area (Å²) in [5, 5.41) is 2.57. The molecular formula is C17H17NO. The maximum absolute atomic E-state index is 11.7. The van der Waals surface area contributed by atoms with Gasteiger partial charge in [-0.3, -0.25) is 4.79 Å². The van der Waals surface area contributed by atoms with E-state index in [1.807, 2.05) is 0 Å². The number of carbonyl (C=O) groups is 1. The van der Waals surface area contributed by atoms with Crippen molar-refractivity contribution in [3.63, 3.8) is 0 Å². The average Bonchev–Trinajstić information content (AvgIpc) is 2.70. The summed E-state index contributed by atoms with van der Waals surface area (Å²) in [6.07, 6.45) is 3.82. The molecule has 2 aromatic rings. The Morgan fingerprint density at radius 3 is 2.32 bits per heavy atom. The lowest BCUT2D eigenvalue weighted by Gasteiger charge is -2.36. The predicted molar refractivity (Wildman–Crippen MR) is 77.5 cm³/mol. The van der Waals surface area contributed by atoms with Gasteiger partial charge in [0, 0.05) is 30.6 Å². The molecule has 0 spiro atoms. The zero-order valence-electron chi connectivity index (χ0n) is 10.9. The van der Waals surface area contributed by atoms with Crippen LogP contribution in [0.2, 0.25) is 0 Å². The molecule has 2 aliphatic rings. The first-order valence-corrected chi connectivity index (χ1v) is 7.10. The van der Waals surface area contributed by atoms with E-state index >= 15 is 0 Å². The molecule has 4 rings (SSSR count). The summed E-state index contributed by atoms with van der Waals surface area (Å²) in [7, 11) is 0. The van der Waals surface area contributed by atoms with Crippen LogP contribution in [0.15, 0.2) is 42.5 Å². The largest absolute Gasteiger partial charge is 0.365 e. The van der Waals surface area contributed by atoms with Crippen LogP contribution in [0.4, 0.5) is 5.69 Å². The monoisotopic (exact) mass is 251 g/mol. The van der Waals surface area contributed by atoms with E-state index in [2.05, 4.69) is 47.4 Å². The molecule has 0 N–H and O–H groups in total. The summed E-state index contributed by atoms with van der Waals surface area (Å²) < 4.78 is 0. The zero-order chi connectivity index (χ0) is 12.8. The fourth-order valence-corrected chi connectivity index (χ4v) is 3.73. The number of piperidine rings is 1. The van der Waals surface area contributed by atoms with Gasteiger partial charge >= 0.3 is 0 Å². The van der Waals surface area contributed by atoms with Crippen LogP contribution < -0.4 is 4.90 Å². The molecule has 2 fully saturated rings. The molecule has 2 heteroatoms. The molecule has 2 atom stereocenters. The number of fused-ring (bicyclic) bond motifs is 3. The molecule has 2 saturated heterocycles. The fraction of sp³-hybridized carbons (Fsp3) is 0.353. The van der Waals surface area contributed by atoms with Gasteiger partial charge in [0.2, 0.25) is 0 Å². The molecule has 0 radical (unpaired) electrons. The van der Waals surface area contributed by atoms with Crippen LogP contribution in [0.1, 0.15) is 25.7 Å². The van der Waals surface area contributed by atoms with Crippen LogP contribution in [-0.2, 0) is 4.79 Å². The Kier molecular flexibility index (Phi) is 2.37. The summed E-state index contributed by atoms with van der Waals surface area (Å²) in [6.45, 7) is 0. The van der Waals surface area contributed by atoms with Crippen LogP contribution in [0.3, 0.4) is 0 Å². The van der Waals surface area contributed by atoms with Crippen molar-refractivity contribution in [3.8, 4) is 0 Å². The molecule has 2 heterocycles. The number of hydrogen-bond donors (Lipinski definition) is 0. The lowest BCUT2D eigenvalue weighted by molar-refractivity contribution is -0.120. The smallest absolute Gasteiger partial charge is 0.137 e. The van der Waals surface area contributed by atoms with E-state index in [0.717, 1.165) is 12.8 Å². The minimum absolute atomic E-state index is 0.437. The highest BCUT2D eigenvalue weighted by atomic mass is 16.1. The molecule has 2 aliphatic heterocycles. The molecule has 0 aliphatic carbocycles. The van der Waals surface area contributed by atoms with Gasteiger partial charge in [0.25, 0.3) is 0 Å². The fourth-order valence-electron chi connectivity index (χ4n) is 3.73. The Bertz CT molecular complexity index is 633. The third kappa shape index (κ3) is 1.74. The van der Waals surface area contributed by atoms with Crippen molar-refractivity contribution in [3.05, 3.63) is 42.5 Å². The molecule has 0 saturated carbocycles. The summed E-state index contributed by atoms with van der Waals surface area (Å²) >= 11 is 0. The number of Topliss-reactive ketones (excluding diaryl/α,β-unsaturated/α-hetero) is 1. The first-order valence-electron chi connectivity index (χ1n) is 7.10. The number of ketones is 1. The van der Waals surface area contributed by atoms with Crippen LogP contribution in [0.5, 0.6) is 0 Å². The van der Waals surface area contributed by atoms with E-state index in [9.17, 15) is 4.79 Å². The number of carbonyl (C=O) groups excluding carboxylic acids is 1. The number of rotatable bonds is 1. The molecule has 2 aromatic carbocycles. The lowest BCUT2D eigenvalue weighted by atomic mass is 9.99. The van der Waals surface area contributed by atoms with Crippen molar-refractivity contribution in [2.45, 2.75) is 37.8 Å². The highest BCUT2D eigenvalue weighted by Crippen LogP contribution is 2.38. The van der Waals surface area contributed by atoms with E-state index in [1.165, 1.54) is 29.3 Å². The van der Waals surface area contributed by atoms with Crippen molar-refractivity contribution in [1.82, 2.24) is 0 Å². The Morgan fingerprint density at radius 1 is 0.895 bits per heavy atom. The summed E-state index contributed by atoms with van der Waals surface area (Å²) in [5.41, 5.74) is 1.29. The van der Waals surface area contributed by atoms with Gasteiger partial charge in [-0.2, -0.15) is 0 Å². The van der Waals surface area contributed by atoms with Crippen molar-refractivity contribution in [1.29, 1.82) is 0 Å². The summed E-state index contributed by atoms with van der Waals surface area (Å²) in [6, 6.07) is 16.0. The van der Waals surface area contributed by atoms with Crippen molar-refractivity contribution >= 4 is 22.2 Å². The van der Waals surface area contributed by atoms with Crippen LogP contribution >= 0.6 is 0 Å². The van der Waals surface area contributed by atoms with Gasteiger partial charge in [-0.25, -0.2) is 0 Å². The second-order valence-electron chi connectivity index (χ2n) is 5.77. The predicted octanol–water partition coefficient (Wildman–Crippen LogP) is 3.54. The Morgan fingerprint density at radius 2 is 1.58 bits per heavy atom. The van der Waals surface area contributed by atoms with Crippen LogP contribution in [-0.4, -0.2) is 17.9 Å². The van der Waals surface area contributed by atoms with Gasteiger partial charge < -0.3 is 4.90 Å². The first kappa shape index (κ1) is 11.0. The summed E-state index contributed by atoms with van der Waals surface area (Å²) in [5.74, 6) is 0.449. The molecule has 0 amide bonds. The molecule has 0 aromatic heterocycles. The average molecular weight is 251 g/mol. The lowest BCUT2D eigenvalue weighted by Crippen LogP contribution is -2.43. The maximum atomic E-state index is 11.7. The molecular weight excluding hydrogens is 234 g/mol. The van der Waals surface area contributed by atoms with Gasteiger partial charge in [0.1, 0.15) is 5.78 Å². The molecule has 2 nitrogen and oxygen atoms in total. The highest BCUT2D eigenvalue weighted by Gasteiger charge is 2.40. The molecule has 19 heavy (non-hydrogen) atoms. The van der Waals surface area contributed by atoms with Gasteiger partial charge in [0.15, 0.2) is 0 Å². The number of benzene rings is 2. The second-order valence-corrected chi connectivity index (χ2v) is 5.77. The summed E-state index contributed by atoms with van der Waals surface area (Å²) in [4.78, 5) is 14.2. The van der Waals surface area contributed by atoms with Crippen LogP contribution in [0.25, 0.3) is 10.8 Å². The molecule has 2 unspecified atom stereocenters. The van der Waals surface area contributed by atoms with Crippen molar-refractivity contribution in [2.75, 3.05) is 4.90 Å². The Hall–Kier alpha value is -1.83. The van der Waals surface area contributed by atoms with E-state index < -0.39 is 0 Å². The second kappa shape index (κ2) is 4.09. The van der Waals surface area contributed by atoms with Crippen molar-refractivity contribution < 1.29 is 4.79 Å². The first-order chi connectivity index (χ1) is 9.31. The van der Waals surface area contributed by atoms with Gasteiger partial charge in [-0.15, -0.1) is 0 Å². The van der Waals surface area contributed by atoms with Gasteiger partial charge in [0.05, 0.1) is 0 Å². The topological polar surface area (TPSA) is 20.3 Å². The minimum Gasteiger partial charge on any atom is -0.365 e. The van der Waals surface area contributed by atoms with Gasteiger partial charge in [-0.05, 0) is 35.7 Å². The molecule has 96 valence electrons. The SMILES string of the molecule is O=C1CC2CCC(C1)N2c1ccc2ccccc2c1. The van der Waals surface area contributed by atoms with E-state index in [1.54, 1.807) is 0 Å². The van der Waals surface area contributed by atoms with E-state index in [4.69, 9.17) is 0 Å². The third-order valence-corrected chi connectivity index (χ3v) is 4.58. The van der Waals surface area contributed by atoms with Gasteiger partial charge in [-0.1, -0.05) is 30.3 Å². The van der Waals surface area contributed by atoms with Crippen molar-refractivity contribution in [2.24, 2.45) is 0 Å². The number of anilines is 1. The Labute approximate surface area is 113 Å². The van der Waals surface area contributed by atoms with E-state index in [0.29, 0.717) is 17.9 Å². The van der Waals surface area contributed by atoms with Crippen LogP contribution in [0, 0.1) is 0 Å². The quantitative estimate of drug-likeness (QED) is 0.772. The number of nitrogens with zero attached hydrogens (tertiary/aromatic N) is 1. The normalized spacial score (nSPS) is 26.1. The minimum atomic E-state index is 0.437. The number of hydrogen-bond acceptors (Lipinski definition) is 2. The zero-order valence-corrected chi connectivity index (χ0v) is 10.9. The van der Waals surface area contributed by atoms with E-state index in [-0.39, 0.29) is 0 Å². The third-order valence-electron chi connectivity index (χ3n) is 4.58.